The Morgan fingerprint density at radius 3 is 2.45 bits per heavy atom. The number of esters is 1. The third-order valence-electron chi connectivity index (χ3n) is 4.63. The second-order valence-electron chi connectivity index (χ2n) is 7.19. The van der Waals surface area contributed by atoms with Crippen LogP contribution in [0.2, 0.25) is 0 Å². The van der Waals surface area contributed by atoms with Gasteiger partial charge in [-0.3, -0.25) is 9.48 Å². The first-order valence-corrected chi connectivity index (χ1v) is 10.4. The van der Waals surface area contributed by atoms with Gasteiger partial charge in [-0.1, -0.05) is 67.6 Å². The summed E-state index contributed by atoms with van der Waals surface area (Å²) in [5, 5.41) is 7.44. The summed E-state index contributed by atoms with van der Waals surface area (Å²) in [6, 6.07) is 19.8. The van der Waals surface area contributed by atoms with Crippen LogP contribution in [0.3, 0.4) is 0 Å². The first-order chi connectivity index (χ1) is 15.1. The number of nitrogens with zero attached hydrogens (tertiary/aromatic N) is 2. The minimum Gasteiger partial charge on any atom is -0.449 e. The number of rotatable bonds is 9. The Labute approximate surface area is 182 Å². The molecule has 0 aliphatic rings. The Morgan fingerprint density at radius 2 is 1.77 bits per heavy atom. The molecule has 1 amide bonds. The molecular weight excluding hydrogens is 390 g/mol. The zero-order valence-electron chi connectivity index (χ0n) is 17.8. The Morgan fingerprint density at radius 1 is 1.10 bits per heavy atom. The molecule has 0 spiro atoms. The van der Waals surface area contributed by atoms with Gasteiger partial charge < -0.3 is 10.1 Å². The highest BCUT2D eigenvalue weighted by Gasteiger charge is 2.16. The van der Waals surface area contributed by atoms with Crippen LogP contribution in [0.15, 0.2) is 72.9 Å². The van der Waals surface area contributed by atoms with Crippen LogP contribution in [0, 0.1) is 0 Å². The van der Waals surface area contributed by atoms with Gasteiger partial charge in [-0.2, -0.15) is 5.10 Å². The van der Waals surface area contributed by atoms with Crippen LogP contribution >= 0.6 is 0 Å². The molecule has 1 unspecified atom stereocenters. The van der Waals surface area contributed by atoms with Crippen LogP contribution in [0.4, 0.5) is 0 Å². The van der Waals surface area contributed by atoms with Crippen LogP contribution in [0.25, 0.3) is 17.3 Å². The van der Waals surface area contributed by atoms with E-state index in [1.807, 2.05) is 78.5 Å². The van der Waals surface area contributed by atoms with Gasteiger partial charge in [0.25, 0.3) is 5.91 Å². The maximum absolute atomic E-state index is 12.2. The summed E-state index contributed by atoms with van der Waals surface area (Å²) in [4.78, 5) is 24.1. The number of aromatic nitrogens is 2. The Balaban J connectivity index is 1.77. The Bertz CT molecular complexity index is 1030. The van der Waals surface area contributed by atoms with Crippen molar-refractivity contribution in [2.24, 2.45) is 0 Å². The van der Waals surface area contributed by atoms with Crippen LogP contribution < -0.4 is 5.32 Å². The largest absolute Gasteiger partial charge is 0.449 e. The van der Waals surface area contributed by atoms with E-state index in [1.54, 1.807) is 13.0 Å². The van der Waals surface area contributed by atoms with Gasteiger partial charge >= 0.3 is 5.97 Å². The minimum atomic E-state index is -0.849. The second kappa shape index (κ2) is 10.9. The molecule has 1 heterocycles. The number of ether oxygens (including phenoxy) is 1. The second-order valence-corrected chi connectivity index (χ2v) is 7.19. The molecular formula is C25H27N3O3. The molecule has 31 heavy (non-hydrogen) atoms. The summed E-state index contributed by atoms with van der Waals surface area (Å²) >= 11 is 0. The number of carbonyl (C=O) groups excluding carboxylic acids is 2. The van der Waals surface area contributed by atoms with E-state index in [9.17, 15) is 9.59 Å². The predicted molar refractivity (Wildman–Crippen MR) is 121 cm³/mol. The number of benzene rings is 2. The van der Waals surface area contributed by atoms with Crippen molar-refractivity contribution in [3.63, 3.8) is 0 Å². The van der Waals surface area contributed by atoms with E-state index in [0.29, 0.717) is 13.1 Å². The van der Waals surface area contributed by atoms with Gasteiger partial charge in [0.15, 0.2) is 6.10 Å². The molecule has 0 saturated carbocycles. The molecule has 1 aromatic heterocycles. The van der Waals surface area contributed by atoms with E-state index < -0.39 is 12.1 Å². The third kappa shape index (κ3) is 6.40. The molecule has 160 valence electrons. The van der Waals surface area contributed by atoms with E-state index in [-0.39, 0.29) is 5.91 Å². The topological polar surface area (TPSA) is 73.2 Å². The fourth-order valence-electron chi connectivity index (χ4n) is 3.05. The number of amides is 1. The van der Waals surface area contributed by atoms with Crippen LogP contribution in [0.1, 0.15) is 31.4 Å². The Kier molecular flexibility index (Phi) is 7.76. The first kappa shape index (κ1) is 22.0. The maximum atomic E-state index is 12.2. The van der Waals surface area contributed by atoms with Gasteiger partial charge in [-0.25, -0.2) is 4.79 Å². The van der Waals surface area contributed by atoms with Crippen LogP contribution in [-0.4, -0.2) is 34.3 Å². The molecule has 1 N–H and O–H groups in total. The molecule has 3 aromatic rings. The zero-order chi connectivity index (χ0) is 22.1. The highest BCUT2D eigenvalue weighted by Crippen LogP contribution is 2.23. The van der Waals surface area contributed by atoms with Crippen molar-refractivity contribution in [1.29, 1.82) is 0 Å². The van der Waals surface area contributed by atoms with Crippen LogP contribution in [-0.2, 0) is 20.9 Å². The molecule has 0 saturated heterocycles. The summed E-state index contributed by atoms with van der Waals surface area (Å²) < 4.78 is 7.06. The van der Waals surface area contributed by atoms with E-state index in [4.69, 9.17) is 9.84 Å². The molecule has 6 nitrogen and oxygen atoms in total. The lowest BCUT2D eigenvalue weighted by molar-refractivity contribution is -0.150. The van der Waals surface area contributed by atoms with E-state index in [0.717, 1.165) is 28.8 Å². The van der Waals surface area contributed by atoms with Crippen molar-refractivity contribution < 1.29 is 14.3 Å². The quantitative estimate of drug-likeness (QED) is 0.421. The monoisotopic (exact) mass is 417 g/mol. The van der Waals surface area contributed by atoms with Gasteiger partial charge in [0.2, 0.25) is 0 Å². The highest BCUT2D eigenvalue weighted by molar-refractivity contribution is 5.91. The average Bonchev–Trinajstić information content (AvgIpc) is 3.19. The lowest BCUT2D eigenvalue weighted by Gasteiger charge is -2.11. The number of hydrogen-bond acceptors (Lipinski definition) is 4. The number of carbonyl (C=O) groups is 2. The van der Waals surface area contributed by atoms with Crippen molar-refractivity contribution in [2.75, 3.05) is 6.54 Å². The zero-order valence-corrected chi connectivity index (χ0v) is 17.8. The van der Waals surface area contributed by atoms with Crippen molar-refractivity contribution in [2.45, 2.75) is 32.9 Å². The number of hydrogen-bond donors (Lipinski definition) is 1. The summed E-state index contributed by atoms with van der Waals surface area (Å²) in [6.07, 6.45) is 4.88. The third-order valence-corrected chi connectivity index (χ3v) is 4.63. The fourth-order valence-corrected chi connectivity index (χ4v) is 3.05. The lowest BCUT2D eigenvalue weighted by Crippen LogP contribution is -2.35. The summed E-state index contributed by atoms with van der Waals surface area (Å²) in [6.45, 7) is 4.69. The summed E-state index contributed by atoms with van der Waals surface area (Å²) in [5.41, 5.74) is 3.65. The van der Waals surface area contributed by atoms with E-state index >= 15 is 0 Å². The summed E-state index contributed by atoms with van der Waals surface area (Å²) in [5.74, 6) is -0.877. The van der Waals surface area contributed by atoms with E-state index in [1.165, 1.54) is 6.08 Å². The van der Waals surface area contributed by atoms with Gasteiger partial charge in [-0.05, 0) is 25.0 Å². The number of nitrogens with one attached hydrogen (secondary N) is 1. The molecule has 1 atom stereocenters. The summed E-state index contributed by atoms with van der Waals surface area (Å²) in [7, 11) is 0. The van der Waals surface area contributed by atoms with Gasteiger partial charge in [0, 0.05) is 29.9 Å². The average molecular weight is 418 g/mol. The smallest absolute Gasteiger partial charge is 0.331 e. The highest BCUT2D eigenvalue weighted by atomic mass is 16.5. The van der Waals surface area contributed by atoms with Crippen LogP contribution in [0.5, 0.6) is 0 Å². The standard InChI is InChI=1S/C25H27N3O3/c1-3-16-26-25(30)19(2)31-23(29)15-14-22-18-28(17-20-10-6-4-7-11-20)27-24(22)21-12-8-5-9-13-21/h4-15,18-19H,3,16-17H2,1-2H3,(H,26,30)/b15-14+. The van der Waals surface area contributed by atoms with Crippen molar-refractivity contribution in [1.82, 2.24) is 15.1 Å². The minimum absolute atomic E-state index is 0.302. The molecule has 6 heteroatoms. The SMILES string of the molecule is CCCNC(=O)C(C)OC(=O)/C=C/c1cn(Cc2ccccc2)nc1-c1ccccc1. The van der Waals surface area contributed by atoms with E-state index in [2.05, 4.69) is 5.32 Å². The van der Waals surface area contributed by atoms with Crippen molar-refractivity contribution in [3.8, 4) is 11.3 Å². The van der Waals surface area contributed by atoms with Gasteiger partial charge in [-0.15, -0.1) is 0 Å². The van der Waals surface area contributed by atoms with Gasteiger partial charge in [0.1, 0.15) is 0 Å². The molecule has 0 bridgehead atoms. The maximum Gasteiger partial charge on any atom is 0.331 e. The first-order valence-electron chi connectivity index (χ1n) is 10.4. The molecule has 0 aliphatic heterocycles. The molecule has 0 fully saturated rings. The molecule has 0 radical (unpaired) electrons. The van der Waals surface area contributed by atoms with Crippen molar-refractivity contribution in [3.05, 3.63) is 84.1 Å². The molecule has 3 rings (SSSR count). The van der Waals surface area contributed by atoms with Gasteiger partial charge in [0.05, 0.1) is 12.2 Å². The lowest BCUT2D eigenvalue weighted by atomic mass is 10.1. The molecule has 2 aromatic carbocycles. The normalized spacial score (nSPS) is 11.9. The predicted octanol–water partition coefficient (Wildman–Crippen LogP) is 4.07. The van der Waals surface area contributed by atoms with Crippen molar-refractivity contribution >= 4 is 18.0 Å². The Hall–Kier alpha value is -3.67. The molecule has 0 aliphatic carbocycles. The fraction of sp³-hybridized carbons (Fsp3) is 0.240.